The second-order valence-electron chi connectivity index (χ2n) is 3.25. The largest absolute Gasteiger partial charge is 0.481 e. The molecular weight excluding hydrogens is 178 g/mol. The second-order valence-corrected chi connectivity index (χ2v) is 3.25. The van der Waals surface area contributed by atoms with E-state index >= 15 is 0 Å². The first kappa shape index (κ1) is 10.3. The zero-order chi connectivity index (χ0) is 10.7. The summed E-state index contributed by atoms with van der Waals surface area (Å²) in [6.45, 7) is 3.43. The molecular formula is C11H11NO2. The number of rotatable bonds is 2. The predicted molar refractivity (Wildman–Crippen MR) is 51.9 cm³/mol. The number of benzene rings is 1. The van der Waals surface area contributed by atoms with Crippen LogP contribution in [-0.2, 0) is 4.79 Å². The van der Waals surface area contributed by atoms with E-state index in [1.165, 1.54) is 0 Å². The van der Waals surface area contributed by atoms with E-state index in [-0.39, 0.29) is 0 Å². The molecule has 0 saturated heterocycles. The standard InChI is InChI=1S/C11H11NO2/c1-7-3-4-9(5-10(7)6-12)8(2)11(13)14/h3-5,8H,1-2H3,(H,13,14). The van der Waals surface area contributed by atoms with Gasteiger partial charge in [-0.25, -0.2) is 0 Å². The zero-order valence-electron chi connectivity index (χ0n) is 8.11. The molecule has 1 rings (SSSR count). The molecule has 0 spiro atoms. The third kappa shape index (κ3) is 1.91. The minimum Gasteiger partial charge on any atom is -0.481 e. The molecule has 3 nitrogen and oxygen atoms in total. The van der Waals surface area contributed by atoms with Gasteiger partial charge in [-0.1, -0.05) is 12.1 Å². The summed E-state index contributed by atoms with van der Waals surface area (Å²) < 4.78 is 0. The molecule has 72 valence electrons. The van der Waals surface area contributed by atoms with Crippen molar-refractivity contribution in [2.45, 2.75) is 19.8 Å². The van der Waals surface area contributed by atoms with Crippen LogP contribution in [0.2, 0.25) is 0 Å². The Morgan fingerprint density at radius 3 is 2.71 bits per heavy atom. The number of hydrogen-bond acceptors (Lipinski definition) is 2. The van der Waals surface area contributed by atoms with Crippen molar-refractivity contribution < 1.29 is 9.90 Å². The molecule has 1 aromatic carbocycles. The van der Waals surface area contributed by atoms with Gasteiger partial charge in [-0.15, -0.1) is 0 Å². The molecule has 0 bridgehead atoms. The van der Waals surface area contributed by atoms with Gasteiger partial charge in [0.05, 0.1) is 17.6 Å². The number of carboxylic acid groups (broad SMARTS) is 1. The maximum Gasteiger partial charge on any atom is 0.310 e. The van der Waals surface area contributed by atoms with Crippen LogP contribution in [0, 0.1) is 18.3 Å². The van der Waals surface area contributed by atoms with Crippen LogP contribution in [0.1, 0.15) is 29.5 Å². The zero-order valence-corrected chi connectivity index (χ0v) is 8.11. The molecule has 1 atom stereocenters. The van der Waals surface area contributed by atoms with Gasteiger partial charge in [0, 0.05) is 0 Å². The lowest BCUT2D eigenvalue weighted by Gasteiger charge is -2.07. The Morgan fingerprint density at radius 1 is 1.57 bits per heavy atom. The number of carboxylic acids is 1. The molecule has 3 heteroatoms. The van der Waals surface area contributed by atoms with Crippen molar-refractivity contribution in [2.24, 2.45) is 0 Å². The number of aryl methyl sites for hydroxylation is 1. The highest BCUT2D eigenvalue weighted by Gasteiger charge is 2.14. The van der Waals surface area contributed by atoms with Gasteiger partial charge in [0.2, 0.25) is 0 Å². The Balaban J connectivity index is 3.14. The van der Waals surface area contributed by atoms with E-state index in [9.17, 15) is 4.79 Å². The molecule has 0 heterocycles. The molecule has 14 heavy (non-hydrogen) atoms. The van der Waals surface area contributed by atoms with Crippen molar-refractivity contribution in [1.29, 1.82) is 5.26 Å². The number of nitrogens with zero attached hydrogens (tertiary/aromatic N) is 1. The first-order valence-corrected chi connectivity index (χ1v) is 4.29. The minimum absolute atomic E-state index is 0.538. The molecule has 0 fully saturated rings. The Morgan fingerprint density at radius 2 is 2.21 bits per heavy atom. The molecule has 1 aromatic rings. The fourth-order valence-corrected chi connectivity index (χ4v) is 1.17. The minimum atomic E-state index is -0.877. The number of nitriles is 1. The van der Waals surface area contributed by atoms with Gasteiger partial charge in [0.1, 0.15) is 0 Å². The SMILES string of the molecule is Cc1ccc(C(C)C(=O)O)cc1C#N. The third-order valence-corrected chi connectivity index (χ3v) is 2.25. The topological polar surface area (TPSA) is 61.1 Å². The van der Waals surface area contributed by atoms with Crippen LogP contribution in [0.25, 0.3) is 0 Å². The van der Waals surface area contributed by atoms with E-state index in [2.05, 4.69) is 0 Å². The van der Waals surface area contributed by atoms with E-state index in [1.54, 1.807) is 25.1 Å². The average molecular weight is 189 g/mol. The highest BCUT2D eigenvalue weighted by Crippen LogP contribution is 2.18. The Kier molecular flexibility index (Phi) is 2.88. The first-order valence-electron chi connectivity index (χ1n) is 4.29. The quantitative estimate of drug-likeness (QED) is 0.774. The lowest BCUT2D eigenvalue weighted by atomic mass is 9.97. The lowest BCUT2D eigenvalue weighted by molar-refractivity contribution is -0.138. The van der Waals surface area contributed by atoms with Crippen LogP contribution >= 0.6 is 0 Å². The van der Waals surface area contributed by atoms with Gasteiger partial charge in [0.25, 0.3) is 0 Å². The summed E-state index contributed by atoms with van der Waals surface area (Å²) in [5.74, 6) is -1.44. The summed E-state index contributed by atoms with van der Waals surface area (Å²) in [7, 11) is 0. The lowest BCUT2D eigenvalue weighted by Crippen LogP contribution is -2.07. The fourth-order valence-electron chi connectivity index (χ4n) is 1.17. The maximum atomic E-state index is 10.7. The van der Waals surface area contributed by atoms with Crippen LogP contribution in [0.4, 0.5) is 0 Å². The van der Waals surface area contributed by atoms with Gasteiger partial charge in [0.15, 0.2) is 0 Å². The summed E-state index contributed by atoms with van der Waals surface area (Å²) in [4.78, 5) is 10.7. The summed E-state index contributed by atoms with van der Waals surface area (Å²) >= 11 is 0. The van der Waals surface area contributed by atoms with Gasteiger partial charge in [-0.2, -0.15) is 5.26 Å². The van der Waals surface area contributed by atoms with Crippen molar-refractivity contribution >= 4 is 5.97 Å². The molecule has 0 saturated carbocycles. The molecule has 0 amide bonds. The normalized spacial score (nSPS) is 11.8. The number of hydrogen-bond donors (Lipinski definition) is 1. The van der Waals surface area contributed by atoms with Crippen molar-refractivity contribution in [3.05, 3.63) is 34.9 Å². The number of aliphatic carboxylic acids is 1. The van der Waals surface area contributed by atoms with E-state index in [4.69, 9.17) is 10.4 Å². The first-order chi connectivity index (χ1) is 6.56. The highest BCUT2D eigenvalue weighted by atomic mass is 16.4. The maximum absolute atomic E-state index is 10.7. The van der Waals surface area contributed by atoms with Crippen molar-refractivity contribution in [2.75, 3.05) is 0 Å². The Hall–Kier alpha value is -1.82. The van der Waals surface area contributed by atoms with Crippen LogP contribution in [0.3, 0.4) is 0 Å². The third-order valence-electron chi connectivity index (χ3n) is 2.25. The van der Waals surface area contributed by atoms with E-state index in [0.29, 0.717) is 11.1 Å². The van der Waals surface area contributed by atoms with Crippen molar-refractivity contribution in [3.8, 4) is 6.07 Å². The molecule has 0 radical (unpaired) electrons. The Labute approximate surface area is 82.6 Å². The molecule has 0 aliphatic heterocycles. The summed E-state index contributed by atoms with van der Waals surface area (Å²) in [5, 5.41) is 17.6. The highest BCUT2D eigenvalue weighted by molar-refractivity contribution is 5.75. The van der Waals surface area contributed by atoms with Gasteiger partial charge in [-0.3, -0.25) is 4.79 Å². The predicted octanol–water partition coefficient (Wildman–Crippen LogP) is 2.05. The van der Waals surface area contributed by atoms with Crippen molar-refractivity contribution in [1.82, 2.24) is 0 Å². The Bertz CT molecular complexity index is 404. The smallest absolute Gasteiger partial charge is 0.310 e. The average Bonchev–Trinajstić information content (AvgIpc) is 2.17. The van der Waals surface area contributed by atoms with Crippen LogP contribution in [0.5, 0.6) is 0 Å². The molecule has 0 aliphatic rings. The molecule has 1 N–H and O–H groups in total. The monoisotopic (exact) mass is 189 g/mol. The molecule has 1 unspecified atom stereocenters. The van der Waals surface area contributed by atoms with E-state index in [1.807, 2.05) is 13.0 Å². The van der Waals surface area contributed by atoms with Crippen LogP contribution in [-0.4, -0.2) is 11.1 Å². The van der Waals surface area contributed by atoms with Crippen LogP contribution in [0.15, 0.2) is 18.2 Å². The van der Waals surface area contributed by atoms with Gasteiger partial charge < -0.3 is 5.11 Å². The second kappa shape index (κ2) is 3.93. The van der Waals surface area contributed by atoms with E-state index < -0.39 is 11.9 Å². The summed E-state index contributed by atoms with van der Waals surface area (Å²) in [5.41, 5.74) is 2.07. The van der Waals surface area contributed by atoms with Gasteiger partial charge >= 0.3 is 5.97 Å². The van der Waals surface area contributed by atoms with Crippen molar-refractivity contribution in [3.63, 3.8) is 0 Å². The fraction of sp³-hybridized carbons (Fsp3) is 0.273. The summed E-state index contributed by atoms with van der Waals surface area (Å²) in [6, 6.07) is 7.19. The molecule has 0 aliphatic carbocycles. The van der Waals surface area contributed by atoms with Crippen LogP contribution < -0.4 is 0 Å². The number of carbonyl (C=O) groups is 1. The molecule has 0 aromatic heterocycles. The van der Waals surface area contributed by atoms with E-state index in [0.717, 1.165) is 5.56 Å². The van der Waals surface area contributed by atoms with Gasteiger partial charge in [-0.05, 0) is 31.0 Å². The summed E-state index contributed by atoms with van der Waals surface area (Å²) in [6.07, 6.45) is 0.